The Balaban J connectivity index is 1.72. The van der Waals surface area contributed by atoms with Crippen molar-refractivity contribution < 1.29 is 24.2 Å². The molecule has 6 atom stereocenters. The van der Waals surface area contributed by atoms with Crippen LogP contribution in [0.2, 0.25) is 0 Å². The summed E-state index contributed by atoms with van der Waals surface area (Å²) in [6, 6.07) is 17.1. The fourth-order valence-electron chi connectivity index (χ4n) is 5.39. The van der Waals surface area contributed by atoms with Crippen LogP contribution in [0.15, 0.2) is 72.8 Å². The van der Waals surface area contributed by atoms with E-state index in [4.69, 9.17) is 4.74 Å². The Hall–Kier alpha value is -3.45. The maximum absolute atomic E-state index is 14.0. The Kier molecular flexibility index (Phi) is 7.66. The number of hydrogen-bond donors (Lipinski definition) is 2. The van der Waals surface area contributed by atoms with Gasteiger partial charge in [-0.05, 0) is 24.0 Å². The summed E-state index contributed by atoms with van der Waals surface area (Å²) < 4.78 is 5.32. The molecule has 1 fully saturated rings. The summed E-state index contributed by atoms with van der Waals surface area (Å²) in [7, 11) is 0. The third-order valence-electron chi connectivity index (χ3n) is 7.04. The first-order valence-electron chi connectivity index (χ1n) is 12.1. The van der Waals surface area contributed by atoms with Gasteiger partial charge in [0, 0.05) is 12.5 Å². The third kappa shape index (κ3) is 4.86. The van der Waals surface area contributed by atoms with E-state index >= 15 is 0 Å². The van der Waals surface area contributed by atoms with Gasteiger partial charge in [-0.2, -0.15) is 0 Å². The first-order valence-corrected chi connectivity index (χ1v) is 12.1. The number of carbonyl (C=O) groups excluding carboxylic acids is 3. The quantitative estimate of drug-likeness (QED) is 0.451. The summed E-state index contributed by atoms with van der Waals surface area (Å²) in [5.74, 6) is -3.21. The molecular formula is C28H32N2O5. The average molecular weight is 477 g/mol. The number of carbonyl (C=O) groups is 3. The Bertz CT molecular complexity index is 1070. The molecule has 0 radical (unpaired) electrons. The molecule has 1 heterocycles. The SMILES string of the molecule is CCOC(=O)[C@H]1[C@H]2C(=O)N([C@H](CO)c3ccccc3)[C@H](C(=O)NCc3ccccc3)[C@H]2C=C[C@H]1C. The van der Waals surface area contributed by atoms with E-state index in [9.17, 15) is 19.5 Å². The molecule has 0 unspecified atom stereocenters. The zero-order chi connectivity index (χ0) is 24.9. The maximum Gasteiger partial charge on any atom is 0.310 e. The second-order valence-electron chi connectivity index (χ2n) is 9.13. The zero-order valence-electron chi connectivity index (χ0n) is 20.0. The summed E-state index contributed by atoms with van der Waals surface area (Å²) in [6.07, 6.45) is 3.78. The van der Waals surface area contributed by atoms with Crippen LogP contribution in [0.1, 0.15) is 31.0 Å². The van der Waals surface area contributed by atoms with Crippen LogP contribution >= 0.6 is 0 Å². The molecule has 0 bridgehead atoms. The highest BCUT2D eigenvalue weighted by Crippen LogP contribution is 2.47. The highest BCUT2D eigenvalue weighted by Gasteiger charge is 2.58. The average Bonchev–Trinajstić information content (AvgIpc) is 3.16. The summed E-state index contributed by atoms with van der Waals surface area (Å²) >= 11 is 0. The van der Waals surface area contributed by atoms with E-state index < -0.39 is 35.8 Å². The molecule has 2 aliphatic rings. The molecule has 7 heteroatoms. The summed E-state index contributed by atoms with van der Waals surface area (Å²) in [5, 5.41) is 13.3. The van der Waals surface area contributed by atoms with Crippen molar-refractivity contribution in [3.8, 4) is 0 Å². The van der Waals surface area contributed by atoms with Gasteiger partial charge in [0.25, 0.3) is 0 Å². The Labute approximate surface area is 205 Å². The topological polar surface area (TPSA) is 95.9 Å². The van der Waals surface area contributed by atoms with Crippen LogP contribution in [0.3, 0.4) is 0 Å². The van der Waals surface area contributed by atoms with Crippen LogP contribution in [-0.4, -0.2) is 47.0 Å². The minimum atomic E-state index is -0.866. The monoisotopic (exact) mass is 476 g/mol. The van der Waals surface area contributed by atoms with Gasteiger partial charge in [-0.3, -0.25) is 14.4 Å². The lowest BCUT2D eigenvalue weighted by atomic mass is 9.70. The molecule has 1 aliphatic heterocycles. The van der Waals surface area contributed by atoms with Crippen molar-refractivity contribution in [3.63, 3.8) is 0 Å². The van der Waals surface area contributed by atoms with E-state index in [0.717, 1.165) is 11.1 Å². The van der Waals surface area contributed by atoms with Gasteiger partial charge in [-0.25, -0.2) is 0 Å². The van der Waals surface area contributed by atoms with Gasteiger partial charge in [0.1, 0.15) is 6.04 Å². The number of amides is 2. The molecule has 0 aromatic heterocycles. The number of fused-ring (bicyclic) bond motifs is 1. The smallest absolute Gasteiger partial charge is 0.310 e. The number of rotatable bonds is 8. The molecule has 2 aromatic rings. The lowest BCUT2D eigenvalue weighted by Crippen LogP contribution is -2.49. The second kappa shape index (κ2) is 10.9. The van der Waals surface area contributed by atoms with Gasteiger partial charge in [0.2, 0.25) is 11.8 Å². The molecule has 184 valence electrons. The van der Waals surface area contributed by atoms with Crippen LogP contribution in [0.25, 0.3) is 0 Å². The van der Waals surface area contributed by atoms with Crippen LogP contribution in [-0.2, 0) is 25.7 Å². The highest BCUT2D eigenvalue weighted by molar-refractivity contribution is 5.96. The largest absolute Gasteiger partial charge is 0.466 e. The van der Waals surface area contributed by atoms with Crippen molar-refractivity contribution in [3.05, 3.63) is 83.9 Å². The van der Waals surface area contributed by atoms with Crippen molar-refractivity contribution in [1.82, 2.24) is 10.2 Å². The Morgan fingerprint density at radius 1 is 1.06 bits per heavy atom. The normalized spacial score (nSPS) is 26.2. The zero-order valence-corrected chi connectivity index (χ0v) is 20.0. The van der Waals surface area contributed by atoms with Crippen molar-refractivity contribution in [2.45, 2.75) is 32.5 Å². The predicted molar refractivity (Wildman–Crippen MR) is 131 cm³/mol. The van der Waals surface area contributed by atoms with E-state index in [-0.39, 0.29) is 30.9 Å². The Morgan fingerprint density at radius 3 is 2.34 bits per heavy atom. The Morgan fingerprint density at radius 2 is 1.71 bits per heavy atom. The van der Waals surface area contributed by atoms with Crippen molar-refractivity contribution in [1.29, 1.82) is 0 Å². The van der Waals surface area contributed by atoms with Crippen molar-refractivity contribution in [2.24, 2.45) is 23.7 Å². The van der Waals surface area contributed by atoms with E-state index in [1.54, 1.807) is 6.92 Å². The lowest BCUT2D eigenvalue weighted by Gasteiger charge is -2.33. The summed E-state index contributed by atoms with van der Waals surface area (Å²) in [4.78, 5) is 42.0. The van der Waals surface area contributed by atoms with Gasteiger partial charge < -0.3 is 20.1 Å². The summed E-state index contributed by atoms with van der Waals surface area (Å²) in [6.45, 7) is 3.80. The lowest BCUT2D eigenvalue weighted by molar-refractivity contribution is -0.155. The molecule has 0 saturated carbocycles. The van der Waals surface area contributed by atoms with E-state index in [1.807, 2.05) is 79.7 Å². The van der Waals surface area contributed by atoms with Crippen LogP contribution in [0, 0.1) is 23.7 Å². The first kappa shape index (κ1) is 24.7. The molecule has 2 amide bonds. The highest BCUT2D eigenvalue weighted by atomic mass is 16.5. The predicted octanol–water partition coefficient (Wildman–Crippen LogP) is 2.86. The molecule has 2 aromatic carbocycles. The number of nitrogens with one attached hydrogen (secondary N) is 1. The van der Waals surface area contributed by atoms with Crippen LogP contribution in [0.4, 0.5) is 0 Å². The number of ether oxygens (including phenoxy) is 1. The number of nitrogens with zero attached hydrogens (tertiary/aromatic N) is 1. The molecule has 2 N–H and O–H groups in total. The van der Waals surface area contributed by atoms with Gasteiger partial charge in [-0.15, -0.1) is 0 Å². The van der Waals surface area contributed by atoms with Gasteiger partial charge in [-0.1, -0.05) is 79.7 Å². The number of aliphatic hydroxyl groups is 1. The molecule has 1 saturated heterocycles. The van der Waals surface area contributed by atoms with Gasteiger partial charge in [0.05, 0.1) is 31.1 Å². The number of benzene rings is 2. The van der Waals surface area contributed by atoms with Crippen LogP contribution in [0.5, 0.6) is 0 Å². The van der Waals surface area contributed by atoms with Crippen molar-refractivity contribution in [2.75, 3.05) is 13.2 Å². The second-order valence-corrected chi connectivity index (χ2v) is 9.13. The molecule has 0 spiro atoms. The molecule has 7 nitrogen and oxygen atoms in total. The van der Waals surface area contributed by atoms with Crippen molar-refractivity contribution >= 4 is 17.8 Å². The minimum Gasteiger partial charge on any atom is -0.466 e. The number of likely N-dealkylation sites (tertiary alicyclic amines) is 1. The van der Waals surface area contributed by atoms with E-state index in [2.05, 4.69) is 5.32 Å². The minimum absolute atomic E-state index is 0.212. The molecule has 1 aliphatic carbocycles. The summed E-state index contributed by atoms with van der Waals surface area (Å²) in [5.41, 5.74) is 1.67. The molecular weight excluding hydrogens is 444 g/mol. The number of aliphatic hydroxyl groups excluding tert-OH is 1. The fraction of sp³-hybridized carbons (Fsp3) is 0.393. The maximum atomic E-state index is 14.0. The standard InChI is InChI=1S/C28H32N2O5/c1-3-35-28(34)23-18(2)14-15-21-24(23)27(33)30(22(17-31)20-12-8-5-9-13-20)25(21)26(32)29-16-19-10-6-4-7-11-19/h4-15,18,21-25,31H,3,16-17H2,1-2H3,(H,29,32)/t18-,21+,22-,23-,24+,25+/m1/s1. The third-order valence-corrected chi connectivity index (χ3v) is 7.04. The van der Waals surface area contributed by atoms with Gasteiger partial charge >= 0.3 is 5.97 Å². The fourth-order valence-corrected chi connectivity index (χ4v) is 5.39. The van der Waals surface area contributed by atoms with Crippen LogP contribution < -0.4 is 5.32 Å². The molecule has 35 heavy (non-hydrogen) atoms. The van der Waals surface area contributed by atoms with Gasteiger partial charge in [0.15, 0.2) is 0 Å². The number of allylic oxidation sites excluding steroid dienone is 1. The van der Waals surface area contributed by atoms with E-state index in [0.29, 0.717) is 6.54 Å². The molecule has 4 rings (SSSR count). The number of hydrogen-bond acceptors (Lipinski definition) is 5. The first-order chi connectivity index (χ1) is 17.0. The van der Waals surface area contributed by atoms with E-state index in [1.165, 1.54) is 4.90 Å². The number of esters is 1.